The van der Waals surface area contributed by atoms with E-state index in [0.29, 0.717) is 18.2 Å². The van der Waals surface area contributed by atoms with E-state index in [9.17, 15) is 14.4 Å². The second-order valence-electron chi connectivity index (χ2n) is 7.77. The Labute approximate surface area is 194 Å². The highest BCUT2D eigenvalue weighted by Gasteiger charge is 2.13. The number of hydrogen-bond donors (Lipinski definition) is 5. The Morgan fingerprint density at radius 3 is 1.50 bits per heavy atom. The fourth-order valence-corrected chi connectivity index (χ4v) is 1.74. The molecule has 0 heterocycles. The molecular weight excluding hydrogens is 418 g/mol. The lowest BCUT2D eigenvalue weighted by molar-refractivity contribution is -0.169. The maximum atomic E-state index is 11.0. The third-order valence-corrected chi connectivity index (χ3v) is 3.47. The molecule has 0 saturated heterocycles. The standard InChI is InChI=1S/C8H18N2O2.C7H15NO2.C5H12N2O2.CH4/c1-4-5-6-10(12)8(11)9-7(2)3;1-4-5-8(10)7(9)6(2)3;1-4(2)5(8)7(9)3-6;/h7,12H,4-6H2,1-3H3,(H,9,11);6,10H,4-5H2,1-3H3;4,9H,3,6H2,1-2H3;1H4. The molecule has 0 saturated carbocycles. The summed E-state index contributed by atoms with van der Waals surface area (Å²) in [5.41, 5.74) is 4.97. The van der Waals surface area contributed by atoms with E-state index in [1.807, 2.05) is 27.7 Å². The van der Waals surface area contributed by atoms with Crippen LogP contribution in [0.5, 0.6) is 0 Å². The van der Waals surface area contributed by atoms with Gasteiger partial charge in [0.15, 0.2) is 0 Å². The first-order valence-electron chi connectivity index (χ1n) is 10.7. The first kappa shape index (κ1) is 37.4. The lowest BCUT2D eigenvalue weighted by Crippen LogP contribution is -2.41. The zero-order valence-corrected chi connectivity index (χ0v) is 20.5. The Kier molecular flexibility index (Phi) is 26.0. The van der Waals surface area contributed by atoms with Gasteiger partial charge in [-0.15, -0.1) is 0 Å². The first-order valence-corrected chi connectivity index (χ1v) is 10.7. The Balaban J connectivity index is -0.000000183. The van der Waals surface area contributed by atoms with Crippen LogP contribution in [0, 0.1) is 11.8 Å². The highest BCUT2D eigenvalue weighted by molar-refractivity contribution is 5.77. The summed E-state index contributed by atoms with van der Waals surface area (Å²) < 4.78 is 0. The van der Waals surface area contributed by atoms with Crippen molar-refractivity contribution in [2.75, 3.05) is 19.8 Å². The smallest absolute Gasteiger partial charge is 0.334 e. The molecule has 0 aliphatic rings. The third-order valence-electron chi connectivity index (χ3n) is 3.47. The van der Waals surface area contributed by atoms with Gasteiger partial charge in [-0.3, -0.25) is 25.2 Å². The van der Waals surface area contributed by atoms with Gasteiger partial charge in [-0.25, -0.2) is 20.0 Å². The van der Waals surface area contributed by atoms with Gasteiger partial charge in [0.05, 0.1) is 13.2 Å². The largest absolute Gasteiger partial charge is 0.341 e. The van der Waals surface area contributed by atoms with Gasteiger partial charge < -0.3 is 11.1 Å². The maximum Gasteiger partial charge on any atom is 0.341 e. The fraction of sp³-hybridized carbons (Fsp3) is 0.857. The molecule has 4 amide bonds. The minimum absolute atomic E-state index is 0. The van der Waals surface area contributed by atoms with Crippen molar-refractivity contribution >= 4 is 17.8 Å². The Morgan fingerprint density at radius 1 is 0.781 bits per heavy atom. The zero-order valence-electron chi connectivity index (χ0n) is 20.5. The molecule has 0 aromatic carbocycles. The van der Waals surface area contributed by atoms with Gasteiger partial charge in [0.25, 0.3) is 0 Å². The van der Waals surface area contributed by atoms with Crippen LogP contribution < -0.4 is 11.1 Å². The molecule has 0 spiro atoms. The second kappa shape index (κ2) is 22.3. The van der Waals surface area contributed by atoms with Crippen LogP contribution in [-0.4, -0.2) is 74.5 Å². The molecule has 194 valence electrons. The molecule has 0 aliphatic carbocycles. The molecule has 11 nitrogen and oxygen atoms in total. The van der Waals surface area contributed by atoms with E-state index < -0.39 is 6.03 Å². The number of nitrogens with one attached hydrogen (secondary N) is 1. The zero-order chi connectivity index (χ0) is 25.1. The summed E-state index contributed by atoms with van der Waals surface area (Å²) in [5.74, 6) is -0.866. The van der Waals surface area contributed by atoms with Crippen LogP contribution in [0.2, 0.25) is 0 Å². The summed E-state index contributed by atoms with van der Waals surface area (Å²) in [7, 11) is 0. The number of carbonyl (C=O) groups is 3. The molecule has 0 rings (SSSR count). The van der Waals surface area contributed by atoms with Gasteiger partial charge in [-0.2, -0.15) is 0 Å². The van der Waals surface area contributed by atoms with Gasteiger partial charge >= 0.3 is 6.03 Å². The minimum atomic E-state index is -0.418. The van der Waals surface area contributed by atoms with Crippen molar-refractivity contribution in [1.29, 1.82) is 0 Å². The van der Waals surface area contributed by atoms with Gasteiger partial charge in [0.1, 0.15) is 0 Å². The molecule has 32 heavy (non-hydrogen) atoms. The van der Waals surface area contributed by atoms with E-state index in [1.54, 1.807) is 27.7 Å². The van der Waals surface area contributed by atoms with Gasteiger partial charge in [0.2, 0.25) is 11.8 Å². The lowest BCUT2D eigenvalue weighted by Gasteiger charge is -2.16. The van der Waals surface area contributed by atoms with E-state index in [4.69, 9.17) is 21.4 Å². The number of urea groups is 1. The fourth-order valence-electron chi connectivity index (χ4n) is 1.74. The summed E-state index contributed by atoms with van der Waals surface area (Å²) in [4.78, 5) is 32.6. The van der Waals surface area contributed by atoms with Crippen molar-refractivity contribution in [2.24, 2.45) is 17.6 Å². The van der Waals surface area contributed by atoms with Gasteiger partial charge in [-0.05, 0) is 26.7 Å². The molecule has 0 unspecified atom stereocenters. The molecule has 0 bridgehead atoms. The van der Waals surface area contributed by atoms with Crippen LogP contribution in [0.3, 0.4) is 0 Å². The third kappa shape index (κ3) is 21.3. The molecule has 0 atom stereocenters. The predicted octanol–water partition coefficient (Wildman–Crippen LogP) is 3.28. The molecular formula is C21H49N5O6. The SMILES string of the molecule is C.CC(C)C(=O)N(O)CN.CCCCN(O)C(=O)NC(C)C.CCCN(O)C(=O)C(C)C. The van der Waals surface area contributed by atoms with Gasteiger partial charge in [0, 0.05) is 24.4 Å². The van der Waals surface area contributed by atoms with Gasteiger partial charge in [-0.1, -0.05) is 55.4 Å². The molecule has 0 fully saturated rings. The Bertz CT molecular complexity index is 489. The Hall–Kier alpha value is -1.95. The number of unbranched alkanes of at least 4 members (excludes halogenated alkanes) is 1. The van der Waals surface area contributed by atoms with E-state index in [-0.39, 0.29) is 43.8 Å². The lowest BCUT2D eigenvalue weighted by atomic mass is 10.2. The quantitative estimate of drug-likeness (QED) is 0.197. The summed E-state index contributed by atoms with van der Waals surface area (Å²) in [6, 6.07) is -0.354. The number of nitrogens with two attached hydrogens (primary N) is 1. The summed E-state index contributed by atoms with van der Waals surface area (Å²) in [6.45, 7) is 15.2. The van der Waals surface area contributed by atoms with Crippen LogP contribution in [0.4, 0.5) is 4.79 Å². The van der Waals surface area contributed by atoms with Crippen molar-refractivity contribution < 1.29 is 30.0 Å². The van der Waals surface area contributed by atoms with Crippen molar-refractivity contribution in [3.63, 3.8) is 0 Å². The van der Waals surface area contributed by atoms with E-state index >= 15 is 0 Å². The van der Waals surface area contributed by atoms with Crippen molar-refractivity contribution in [3.05, 3.63) is 0 Å². The van der Waals surface area contributed by atoms with Crippen molar-refractivity contribution in [1.82, 2.24) is 20.5 Å². The summed E-state index contributed by atoms with van der Waals surface area (Å²) in [6.07, 6.45) is 2.57. The van der Waals surface area contributed by atoms with Crippen LogP contribution in [0.1, 0.15) is 82.1 Å². The second-order valence-corrected chi connectivity index (χ2v) is 7.77. The highest BCUT2D eigenvalue weighted by atomic mass is 16.5. The molecule has 11 heteroatoms. The normalized spacial score (nSPS) is 9.72. The van der Waals surface area contributed by atoms with Crippen LogP contribution in [0.25, 0.3) is 0 Å². The molecule has 0 aliphatic heterocycles. The summed E-state index contributed by atoms with van der Waals surface area (Å²) >= 11 is 0. The summed E-state index contributed by atoms with van der Waals surface area (Å²) in [5, 5.41) is 31.3. The van der Waals surface area contributed by atoms with E-state index in [0.717, 1.165) is 29.4 Å². The number of amides is 4. The van der Waals surface area contributed by atoms with Crippen LogP contribution in [-0.2, 0) is 9.59 Å². The predicted molar refractivity (Wildman–Crippen MR) is 125 cm³/mol. The van der Waals surface area contributed by atoms with Crippen molar-refractivity contribution in [2.45, 2.75) is 88.1 Å². The number of hydrogen-bond acceptors (Lipinski definition) is 7. The number of rotatable bonds is 9. The average molecular weight is 468 g/mol. The maximum absolute atomic E-state index is 11.0. The van der Waals surface area contributed by atoms with E-state index in [1.165, 1.54) is 0 Å². The molecule has 0 aromatic heterocycles. The minimum Gasteiger partial charge on any atom is -0.334 e. The number of nitrogens with zero attached hydrogens (tertiary/aromatic N) is 3. The first-order chi connectivity index (χ1) is 14.3. The number of hydroxylamine groups is 6. The molecule has 0 aromatic rings. The Morgan fingerprint density at radius 2 is 1.22 bits per heavy atom. The molecule has 0 radical (unpaired) electrons. The molecule has 6 N–H and O–H groups in total. The van der Waals surface area contributed by atoms with E-state index in [2.05, 4.69) is 5.32 Å². The topological polar surface area (TPSA) is 160 Å². The van der Waals surface area contributed by atoms with Crippen molar-refractivity contribution in [3.8, 4) is 0 Å². The van der Waals surface area contributed by atoms with Crippen LogP contribution in [0.15, 0.2) is 0 Å². The average Bonchev–Trinajstić information content (AvgIpc) is 2.70. The highest BCUT2D eigenvalue weighted by Crippen LogP contribution is 1.98. The number of carbonyl (C=O) groups excluding carboxylic acids is 3. The monoisotopic (exact) mass is 467 g/mol. The van der Waals surface area contributed by atoms with Crippen LogP contribution >= 0.6 is 0 Å².